The minimum Gasteiger partial charge on any atom is -0.467 e. The van der Waals surface area contributed by atoms with Crippen molar-refractivity contribution in [3.05, 3.63) is 36.8 Å². The quantitative estimate of drug-likeness (QED) is 0.668. The Morgan fingerprint density at radius 2 is 2.15 bits per heavy atom. The summed E-state index contributed by atoms with van der Waals surface area (Å²) in [5.74, 6) is 0.479. The first-order valence-corrected chi connectivity index (χ1v) is 3.93. The van der Waals surface area contributed by atoms with Crippen LogP contribution in [0.15, 0.2) is 24.3 Å². The first kappa shape index (κ1) is 9.99. The molecule has 0 aromatic heterocycles. The highest BCUT2D eigenvalue weighted by Crippen LogP contribution is 2.26. The third-order valence-corrected chi connectivity index (χ3v) is 1.59. The van der Waals surface area contributed by atoms with E-state index in [2.05, 4.69) is 6.92 Å². The van der Waals surface area contributed by atoms with Gasteiger partial charge in [-0.3, -0.25) is 0 Å². The highest BCUT2D eigenvalue weighted by Gasteiger charge is 2.08. The van der Waals surface area contributed by atoms with Crippen LogP contribution in [0.1, 0.15) is 11.7 Å². The number of benzene rings is 1. The molecule has 0 saturated heterocycles. The van der Waals surface area contributed by atoms with Gasteiger partial charge in [-0.25, -0.2) is 4.39 Å². The van der Waals surface area contributed by atoms with Crippen molar-refractivity contribution in [3.8, 4) is 5.75 Å². The first-order valence-electron chi connectivity index (χ1n) is 3.93. The minimum absolute atomic E-state index is 0.115. The number of halogens is 1. The van der Waals surface area contributed by atoms with Gasteiger partial charge in [0.25, 0.3) is 0 Å². The van der Waals surface area contributed by atoms with Gasteiger partial charge in [0.05, 0.1) is 0 Å². The number of rotatable bonds is 4. The molecule has 0 aliphatic heterocycles. The van der Waals surface area contributed by atoms with Gasteiger partial charge >= 0.3 is 0 Å². The number of alkyl halides is 1. The molecule has 0 amide bonds. The second kappa shape index (κ2) is 4.82. The van der Waals surface area contributed by atoms with E-state index in [0.29, 0.717) is 11.3 Å². The van der Waals surface area contributed by atoms with E-state index >= 15 is 0 Å². The molecule has 0 aliphatic carbocycles. The number of methoxy groups -OCH3 is 1. The van der Waals surface area contributed by atoms with Crippen molar-refractivity contribution in [1.29, 1.82) is 0 Å². The zero-order chi connectivity index (χ0) is 9.68. The summed E-state index contributed by atoms with van der Waals surface area (Å²) in [6.07, 6.45) is -1.27. The van der Waals surface area contributed by atoms with Crippen LogP contribution in [0.4, 0.5) is 4.39 Å². The molecule has 0 spiro atoms. The molecule has 2 nitrogen and oxygen atoms in total. The maximum Gasteiger partial charge on any atom is 0.188 e. The highest BCUT2D eigenvalue weighted by atomic mass is 19.1. The van der Waals surface area contributed by atoms with E-state index in [4.69, 9.17) is 9.47 Å². The maximum atomic E-state index is 12.9. The Bertz CT molecular complexity index is 261. The molecule has 0 fully saturated rings. The molecule has 71 valence electrons. The van der Waals surface area contributed by atoms with Gasteiger partial charge in [0.15, 0.2) is 6.79 Å². The van der Waals surface area contributed by atoms with Crippen molar-refractivity contribution in [2.24, 2.45) is 0 Å². The van der Waals surface area contributed by atoms with Crippen LogP contribution in [-0.4, -0.2) is 13.9 Å². The van der Waals surface area contributed by atoms with Crippen LogP contribution in [0.3, 0.4) is 0 Å². The summed E-state index contributed by atoms with van der Waals surface area (Å²) >= 11 is 0. The minimum atomic E-state index is -1.27. The standard InChI is InChI=1S/C10H12FO2/c1-8(11)9-5-3-4-6-10(9)13-7-12-2/h3-6,8H,1,7H2,2H3. The van der Waals surface area contributed by atoms with Crippen molar-refractivity contribution in [2.45, 2.75) is 6.17 Å². The average Bonchev–Trinajstić information content (AvgIpc) is 2.15. The number of hydrogen-bond donors (Lipinski definition) is 0. The van der Waals surface area contributed by atoms with Gasteiger partial charge in [0, 0.05) is 12.7 Å². The number of para-hydroxylation sites is 1. The molecule has 1 aromatic carbocycles. The Hall–Kier alpha value is -1.09. The number of hydrogen-bond acceptors (Lipinski definition) is 2. The fourth-order valence-electron chi connectivity index (χ4n) is 0.993. The summed E-state index contributed by atoms with van der Waals surface area (Å²) in [5, 5.41) is 0. The first-order chi connectivity index (χ1) is 6.25. The molecule has 13 heavy (non-hydrogen) atoms. The zero-order valence-electron chi connectivity index (χ0n) is 7.50. The van der Waals surface area contributed by atoms with Crippen LogP contribution in [0.2, 0.25) is 0 Å². The smallest absolute Gasteiger partial charge is 0.188 e. The summed E-state index contributed by atoms with van der Waals surface area (Å²) in [6, 6.07) is 6.85. The third kappa shape index (κ3) is 2.70. The van der Waals surface area contributed by atoms with Crippen LogP contribution < -0.4 is 4.74 Å². The van der Waals surface area contributed by atoms with E-state index in [0.717, 1.165) is 0 Å². The molecular formula is C10H12FO2. The molecule has 1 atom stereocenters. The lowest BCUT2D eigenvalue weighted by atomic mass is 10.1. The molecule has 0 heterocycles. The van der Waals surface area contributed by atoms with E-state index in [-0.39, 0.29) is 6.79 Å². The summed E-state index contributed by atoms with van der Waals surface area (Å²) in [6.45, 7) is 3.40. The Morgan fingerprint density at radius 1 is 1.46 bits per heavy atom. The lowest BCUT2D eigenvalue weighted by molar-refractivity contribution is 0.0498. The number of ether oxygens (including phenoxy) is 2. The Morgan fingerprint density at radius 3 is 2.77 bits per heavy atom. The summed E-state index contributed by atoms with van der Waals surface area (Å²) < 4.78 is 22.8. The molecule has 0 saturated carbocycles. The lowest BCUT2D eigenvalue weighted by Crippen LogP contribution is -2.01. The SMILES string of the molecule is [CH2]C(F)c1ccccc1OCOC. The highest BCUT2D eigenvalue weighted by molar-refractivity contribution is 5.35. The zero-order valence-corrected chi connectivity index (χ0v) is 7.50. The van der Waals surface area contributed by atoms with Crippen molar-refractivity contribution >= 4 is 0 Å². The van der Waals surface area contributed by atoms with E-state index in [1.54, 1.807) is 24.3 Å². The average molecular weight is 183 g/mol. The van der Waals surface area contributed by atoms with Gasteiger partial charge < -0.3 is 9.47 Å². The van der Waals surface area contributed by atoms with Gasteiger partial charge in [-0.2, -0.15) is 0 Å². The lowest BCUT2D eigenvalue weighted by Gasteiger charge is -2.10. The van der Waals surface area contributed by atoms with Gasteiger partial charge in [-0.1, -0.05) is 18.2 Å². The van der Waals surface area contributed by atoms with E-state index < -0.39 is 6.17 Å². The maximum absolute atomic E-state index is 12.9. The topological polar surface area (TPSA) is 18.5 Å². The molecule has 0 bridgehead atoms. The second-order valence-electron chi connectivity index (χ2n) is 2.56. The second-order valence-corrected chi connectivity index (χ2v) is 2.56. The van der Waals surface area contributed by atoms with Crippen LogP contribution in [0.5, 0.6) is 5.75 Å². The molecule has 0 aliphatic rings. The molecule has 1 rings (SSSR count). The van der Waals surface area contributed by atoms with Crippen LogP contribution in [0.25, 0.3) is 0 Å². The van der Waals surface area contributed by atoms with Crippen molar-refractivity contribution < 1.29 is 13.9 Å². The van der Waals surface area contributed by atoms with Crippen molar-refractivity contribution in [1.82, 2.24) is 0 Å². The third-order valence-electron chi connectivity index (χ3n) is 1.59. The van der Waals surface area contributed by atoms with Crippen molar-refractivity contribution in [3.63, 3.8) is 0 Å². The molecular weight excluding hydrogens is 171 g/mol. The summed E-state index contributed by atoms with van der Waals surface area (Å²) in [4.78, 5) is 0. The predicted molar refractivity (Wildman–Crippen MR) is 48.2 cm³/mol. The molecule has 1 radical (unpaired) electrons. The summed E-state index contributed by atoms with van der Waals surface area (Å²) in [7, 11) is 1.51. The van der Waals surface area contributed by atoms with Crippen LogP contribution >= 0.6 is 0 Å². The van der Waals surface area contributed by atoms with E-state index in [1.807, 2.05) is 0 Å². The van der Waals surface area contributed by atoms with Gasteiger partial charge in [-0.05, 0) is 13.0 Å². The Labute approximate surface area is 77.3 Å². The van der Waals surface area contributed by atoms with Gasteiger partial charge in [0.1, 0.15) is 11.9 Å². The Balaban J connectivity index is 2.78. The van der Waals surface area contributed by atoms with Crippen molar-refractivity contribution in [2.75, 3.05) is 13.9 Å². The normalized spacial score (nSPS) is 12.5. The van der Waals surface area contributed by atoms with Crippen LogP contribution in [0, 0.1) is 6.92 Å². The Kier molecular flexibility index (Phi) is 3.71. The van der Waals surface area contributed by atoms with E-state index in [1.165, 1.54) is 7.11 Å². The van der Waals surface area contributed by atoms with Gasteiger partial charge in [0.2, 0.25) is 0 Å². The molecule has 1 aromatic rings. The fourth-order valence-corrected chi connectivity index (χ4v) is 0.993. The summed E-state index contributed by atoms with van der Waals surface area (Å²) in [5.41, 5.74) is 0.444. The molecule has 1 unspecified atom stereocenters. The van der Waals surface area contributed by atoms with Gasteiger partial charge in [-0.15, -0.1) is 0 Å². The fraction of sp³-hybridized carbons (Fsp3) is 0.300. The van der Waals surface area contributed by atoms with E-state index in [9.17, 15) is 4.39 Å². The monoisotopic (exact) mass is 183 g/mol. The molecule has 0 N–H and O–H groups in total. The molecule has 3 heteroatoms. The van der Waals surface area contributed by atoms with Crippen LogP contribution in [-0.2, 0) is 4.74 Å². The predicted octanol–water partition coefficient (Wildman–Crippen LogP) is 2.51. The largest absolute Gasteiger partial charge is 0.467 e.